The zero-order chi connectivity index (χ0) is 18.7. The minimum atomic E-state index is -0.758. The Balaban J connectivity index is 2.48. The van der Waals surface area contributed by atoms with E-state index in [9.17, 15) is 25.0 Å². The van der Waals surface area contributed by atoms with Crippen molar-refractivity contribution >= 4 is 23.0 Å². The van der Waals surface area contributed by atoms with E-state index in [-0.39, 0.29) is 11.1 Å². The molecule has 1 amide bonds. The molecule has 2 aromatic rings. The van der Waals surface area contributed by atoms with Crippen LogP contribution in [0.3, 0.4) is 0 Å². The molecule has 0 fully saturated rings. The first-order chi connectivity index (χ1) is 11.7. The van der Waals surface area contributed by atoms with E-state index >= 15 is 0 Å². The summed E-state index contributed by atoms with van der Waals surface area (Å²) in [4.78, 5) is 33.1. The van der Waals surface area contributed by atoms with Crippen LogP contribution in [-0.4, -0.2) is 22.9 Å². The van der Waals surface area contributed by atoms with E-state index in [0.29, 0.717) is 11.4 Å². The molecule has 0 bridgehead atoms. The summed E-state index contributed by atoms with van der Waals surface area (Å²) in [6.45, 7) is 3.08. The lowest BCUT2D eigenvalue weighted by Gasteiger charge is -2.11. The average molecular weight is 345 g/mol. The fourth-order valence-corrected chi connectivity index (χ4v) is 2.31. The standard InChI is InChI=1S/C16H15N3O6/c1-9-4-5-15(25-3)12(6-9)17-16(20)11-7-13(18(21)22)10(2)14(8-11)19(23)24/h4-8H,1-3H3,(H,17,20). The quantitative estimate of drug-likeness (QED) is 0.654. The van der Waals surface area contributed by atoms with Crippen molar-refractivity contribution in [1.29, 1.82) is 0 Å². The van der Waals surface area contributed by atoms with Gasteiger partial charge in [-0.2, -0.15) is 0 Å². The van der Waals surface area contributed by atoms with Crippen LogP contribution in [-0.2, 0) is 0 Å². The van der Waals surface area contributed by atoms with Gasteiger partial charge in [-0.1, -0.05) is 6.07 Å². The van der Waals surface area contributed by atoms with Crippen molar-refractivity contribution in [3.63, 3.8) is 0 Å². The molecule has 9 heteroatoms. The predicted molar refractivity (Wildman–Crippen MR) is 90.2 cm³/mol. The summed E-state index contributed by atoms with van der Waals surface area (Å²) in [5.74, 6) is -0.315. The molecule has 1 N–H and O–H groups in total. The van der Waals surface area contributed by atoms with Gasteiger partial charge in [-0.3, -0.25) is 25.0 Å². The number of aryl methyl sites for hydroxylation is 1. The fourth-order valence-electron chi connectivity index (χ4n) is 2.31. The van der Waals surface area contributed by atoms with Crippen molar-refractivity contribution in [3.05, 3.63) is 67.3 Å². The summed E-state index contributed by atoms with van der Waals surface area (Å²) >= 11 is 0. The SMILES string of the molecule is COc1ccc(C)cc1NC(=O)c1cc([N+](=O)[O-])c(C)c([N+](=O)[O-])c1. The van der Waals surface area contributed by atoms with Crippen LogP contribution in [0.25, 0.3) is 0 Å². The topological polar surface area (TPSA) is 125 Å². The summed E-state index contributed by atoms with van der Waals surface area (Å²) in [6, 6.07) is 7.13. The Morgan fingerprint density at radius 1 is 1.04 bits per heavy atom. The van der Waals surface area contributed by atoms with Crippen molar-refractivity contribution in [2.45, 2.75) is 13.8 Å². The molecule has 0 aliphatic carbocycles. The van der Waals surface area contributed by atoms with E-state index in [1.165, 1.54) is 14.0 Å². The normalized spacial score (nSPS) is 10.2. The Kier molecular flexibility index (Phi) is 4.97. The molecule has 25 heavy (non-hydrogen) atoms. The number of rotatable bonds is 5. The number of anilines is 1. The molecule has 2 aromatic carbocycles. The molecule has 0 aliphatic rings. The van der Waals surface area contributed by atoms with Crippen molar-refractivity contribution in [3.8, 4) is 5.75 Å². The first kappa shape index (κ1) is 17.9. The maximum absolute atomic E-state index is 12.4. The van der Waals surface area contributed by atoms with Gasteiger partial charge in [0.15, 0.2) is 0 Å². The first-order valence-corrected chi connectivity index (χ1v) is 7.14. The number of ether oxygens (including phenoxy) is 1. The minimum absolute atomic E-state index is 0.111. The number of carbonyl (C=O) groups is 1. The van der Waals surface area contributed by atoms with Crippen molar-refractivity contribution in [1.82, 2.24) is 0 Å². The van der Waals surface area contributed by atoms with Gasteiger partial charge in [0.1, 0.15) is 11.3 Å². The molecule has 0 radical (unpaired) electrons. The third kappa shape index (κ3) is 3.71. The van der Waals surface area contributed by atoms with Crippen LogP contribution < -0.4 is 10.1 Å². The van der Waals surface area contributed by atoms with Crippen LogP contribution in [0.4, 0.5) is 17.1 Å². The molecule has 0 aromatic heterocycles. The number of nitro benzene ring substituents is 2. The summed E-state index contributed by atoms with van der Waals surface area (Å²) in [6.07, 6.45) is 0. The van der Waals surface area contributed by atoms with Gasteiger partial charge in [0.05, 0.1) is 28.2 Å². The maximum atomic E-state index is 12.4. The number of amides is 1. The molecule has 0 saturated carbocycles. The number of benzene rings is 2. The lowest BCUT2D eigenvalue weighted by atomic mass is 10.1. The molecular formula is C16H15N3O6. The number of hydrogen-bond acceptors (Lipinski definition) is 6. The Hall–Kier alpha value is -3.49. The van der Waals surface area contributed by atoms with Crippen LogP contribution in [0, 0.1) is 34.1 Å². The van der Waals surface area contributed by atoms with Gasteiger partial charge in [0.2, 0.25) is 0 Å². The lowest BCUT2D eigenvalue weighted by molar-refractivity contribution is -0.395. The average Bonchev–Trinajstić information content (AvgIpc) is 2.54. The Morgan fingerprint density at radius 2 is 1.60 bits per heavy atom. The highest BCUT2D eigenvalue weighted by molar-refractivity contribution is 6.06. The summed E-state index contributed by atoms with van der Waals surface area (Å²) < 4.78 is 5.15. The lowest BCUT2D eigenvalue weighted by Crippen LogP contribution is -2.14. The second-order valence-corrected chi connectivity index (χ2v) is 5.31. The molecule has 0 atom stereocenters. The molecule has 9 nitrogen and oxygen atoms in total. The van der Waals surface area contributed by atoms with E-state index in [2.05, 4.69) is 5.32 Å². The van der Waals surface area contributed by atoms with Gasteiger partial charge in [-0.05, 0) is 31.5 Å². The highest BCUT2D eigenvalue weighted by Gasteiger charge is 2.25. The molecule has 0 saturated heterocycles. The van der Waals surface area contributed by atoms with Gasteiger partial charge in [-0.25, -0.2) is 0 Å². The zero-order valence-corrected chi connectivity index (χ0v) is 13.7. The summed E-state index contributed by atoms with van der Waals surface area (Å²) in [5, 5.41) is 24.8. The number of hydrogen-bond donors (Lipinski definition) is 1. The monoisotopic (exact) mass is 345 g/mol. The fraction of sp³-hybridized carbons (Fsp3) is 0.188. The summed E-state index contributed by atoms with van der Waals surface area (Å²) in [5.41, 5.74) is -0.0614. The van der Waals surface area contributed by atoms with Crippen molar-refractivity contribution in [2.24, 2.45) is 0 Å². The smallest absolute Gasteiger partial charge is 0.279 e. The van der Waals surface area contributed by atoms with Gasteiger partial charge >= 0.3 is 0 Å². The number of nitro groups is 2. The highest BCUT2D eigenvalue weighted by Crippen LogP contribution is 2.31. The van der Waals surface area contributed by atoms with Gasteiger partial charge in [-0.15, -0.1) is 0 Å². The molecule has 0 spiro atoms. The van der Waals surface area contributed by atoms with Gasteiger partial charge in [0.25, 0.3) is 17.3 Å². The van der Waals surface area contributed by atoms with E-state index in [0.717, 1.165) is 17.7 Å². The molecule has 130 valence electrons. The highest BCUT2D eigenvalue weighted by atomic mass is 16.6. The van der Waals surface area contributed by atoms with E-state index in [1.54, 1.807) is 18.2 Å². The second kappa shape index (κ2) is 6.95. The van der Waals surface area contributed by atoms with Crippen molar-refractivity contribution in [2.75, 3.05) is 12.4 Å². The van der Waals surface area contributed by atoms with Gasteiger partial charge < -0.3 is 10.1 Å². The third-order valence-corrected chi connectivity index (χ3v) is 3.61. The molecular weight excluding hydrogens is 330 g/mol. The Bertz CT molecular complexity index is 843. The molecule has 0 heterocycles. The third-order valence-electron chi connectivity index (χ3n) is 3.61. The predicted octanol–water partition coefficient (Wildman–Crippen LogP) is 3.38. The second-order valence-electron chi connectivity index (χ2n) is 5.31. The number of nitrogens with one attached hydrogen (secondary N) is 1. The number of carbonyl (C=O) groups excluding carboxylic acids is 1. The van der Waals surface area contributed by atoms with Crippen molar-refractivity contribution < 1.29 is 19.4 Å². The minimum Gasteiger partial charge on any atom is -0.495 e. The van der Waals surface area contributed by atoms with Crippen LogP contribution in [0.1, 0.15) is 21.5 Å². The van der Waals surface area contributed by atoms with E-state index < -0.39 is 27.1 Å². The van der Waals surface area contributed by atoms with E-state index in [1.807, 2.05) is 6.92 Å². The first-order valence-electron chi connectivity index (χ1n) is 7.14. The maximum Gasteiger partial charge on any atom is 0.279 e. The van der Waals surface area contributed by atoms with E-state index in [4.69, 9.17) is 4.74 Å². The molecule has 2 rings (SSSR count). The van der Waals surface area contributed by atoms with Crippen LogP contribution in [0.2, 0.25) is 0 Å². The summed E-state index contributed by atoms with van der Waals surface area (Å²) in [7, 11) is 1.43. The van der Waals surface area contributed by atoms with Crippen LogP contribution in [0.5, 0.6) is 5.75 Å². The number of methoxy groups -OCH3 is 1. The Labute approximate surface area is 142 Å². The zero-order valence-electron chi connectivity index (χ0n) is 13.7. The number of nitrogens with zero attached hydrogens (tertiary/aromatic N) is 2. The Morgan fingerprint density at radius 3 is 2.08 bits per heavy atom. The molecule has 0 aliphatic heterocycles. The molecule has 0 unspecified atom stereocenters. The largest absolute Gasteiger partial charge is 0.495 e. The van der Waals surface area contributed by atoms with Gasteiger partial charge in [0, 0.05) is 12.1 Å². The van der Waals surface area contributed by atoms with Crippen LogP contribution in [0.15, 0.2) is 30.3 Å². The van der Waals surface area contributed by atoms with Crippen LogP contribution >= 0.6 is 0 Å².